The van der Waals surface area contributed by atoms with E-state index in [1.165, 1.54) is 32.1 Å². The molecule has 2 nitrogen and oxygen atoms in total. The van der Waals surface area contributed by atoms with Crippen molar-refractivity contribution < 1.29 is 5.11 Å². The Morgan fingerprint density at radius 2 is 1.93 bits per heavy atom. The van der Waals surface area contributed by atoms with Gasteiger partial charge < -0.3 is 10.4 Å². The zero-order valence-electron chi connectivity index (χ0n) is 10.6. The number of aliphatic hydroxyl groups is 1. The van der Waals surface area contributed by atoms with Crippen LogP contribution in [0.1, 0.15) is 59.3 Å². The Morgan fingerprint density at radius 3 is 2.47 bits per heavy atom. The fourth-order valence-corrected chi connectivity index (χ4v) is 2.82. The molecular weight excluding hydrogens is 186 g/mol. The van der Waals surface area contributed by atoms with Crippen LogP contribution in [-0.2, 0) is 0 Å². The third kappa shape index (κ3) is 4.98. The summed E-state index contributed by atoms with van der Waals surface area (Å²) in [4.78, 5) is 0. The van der Waals surface area contributed by atoms with E-state index in [0.717, 1.165) is 12.3 Å². The summed E-state index contributed by atoms with van der Waals surface area (Å²) >= 11 is 0. The van der Waals surface area contributed by atoms with Gasteiger partial charge >= 0.3 is 0 Å². The SMILES string of the molecule is CC(CC1CCCC1)NC(C)(C)CCO. The summed E-state index contributed by atoms with van der Waals surface area (Å²) in [5.41, 5.74) is 0.0762. The molecule has 90 valence electrons. The van der Waals surface area contributed by atoms with Crippen LogP contribution in [0.25, 0.3) is 0 Å². The Bertz CT molecular complexity index is 173. The van der Waals surface area contributed by atoms with E-state index >= 15 is 0 Å². The van der Waals surface area contributed by atoms with Crippen LogP contribution in [0, 0.1) is 5.92 Å². The predicted octanol–water partition coefficient (Wildman–Crippen LogP) is 2.71. The summed E-state index contributed by atoms with van der Waals surface area (Å²) in [7, 11) is 0. The minimum absolute atomic E-state index is 0.0762. The van der Waals surface area contributed by atoms with Crippen LogP contribution in [0.15, 0.2) is 0 Å². The van der Waals surface area contributed by atoms with E-state index in [0.29, 0.717) is 6.04 Å². The number of hydrogen-bond donors (Lipinski definition) is 2. The minimum Gasteiger partial charge on any atom is -0.396 e. The molecule has 0 aromatic rings. The highest BCUT2D eigenvalue weighted by Gasteiger charge is 2.22. The molecule has 0 heterocycles. The summed E-state index contributed by atoms with van der Waals surface area (Å²) < 4.78 is 0. The van der Waals surface area contributed by atoms with Crippen LogP contribution < -0.4 is 5.32 Å². The molecule has 0 spiro atoms. The van der Waals surface area contributed by atoms with Gasteiger partial charge in [0.2, 0.25) is 0 Å². The minimum atomic E-state index is 0.0762. The van der Waals surface area contributed by atoms with Crippen molar-refractivity contribution >= 4 is 0 Å². The first-order valence-electron chi connectivity index (χ1n) is 6.42. The molecule has 0 radical (unpaired) electrons. The number of rotatable bonds is 6. The lowest BCUT2D eigenvalue weighted by Gasteiger charge is -2.31. The van der Waals surface area contributed by atoms with Crippen molar-refractivity contribution in [3.8, 4) is 0 Å². The van der Waals surface area contributed by atoms with Crippen molar-refractivity contribution in [3.63, 3.8) is 0 Å². The maximum atomic E-state index is 8.96. The van der Waals surface area contributed by atoms with E-state index in [4.69, 9.17) is 5.11 Å². The maximum absolute atomic E-state index is 8.96. The molecule has 2 N–H and O–H groups in total. The summed E-state index contributed by atoms with van der Waals surface area (Å²) in [5.74, 6) is 0.942. The molecule has 1 fully saturated rings. The molecule has 1 atom stereocenters. The monoisotopic (exact) mass is 213 g/mol. The van der Waals surface area contributed by atoms with Crippen molar-refractivity contribution in [1.82, 2.24) is 5.32 Å². The molecule has 0 saturated heterocycles. The molecular formula is C13H27NO. The van der Waals surface area contributed by atoms with Crippen molar-refractivity contribution in [1.29, 1.82) is 0 Å². The quantitative estimate of drug-likeness (QED) is 0.711. The lowest BCUT2D eigenvalue weighted by Crippen LogP contribution is -2.45. The maximum Gasteiger partial charge on any atom is 0.0448 e. The van der Waals surface area contributed by atoms with Crippen LogP contribution >= 0.6 is 0 Å². The molecule has 1 rings (SSSR count). The number of aliphatic hydroxyl groups excluding tert-OH is 1. The molecule has 0 bridgehead atoms. The van der Waals surface area contributed by atoms with Crippen LogP contribution in [0.3, 0.4) is 0 Å². The molecule has 0 aliphatic heterocycles. The van der Waals surface area contributed by atoms with Gasteiger partial charge in [0.15, 0.2) is 0 Å². The first-order valence-corrected chi connectivity index (χ1v) is 6.42. The number of nitrogens with one attached hydrogen (secondary N) is 1. The highest BCUT2D eigenvalue weighted by molar-refractivity contribution is 4.82. The summed E-state index contributed by atoms with van der Waals surface area (Å²) in [6.07, 6.45) is 7.84. The zero-order chi connectivity index (χ0) is 11.3. The molecule has 1 aliphatic carbocycles. The van der Waals surface area contributed by atoms with Gasteiger partial charge in [0.05, 0.1) is 0 Å². The van der Waals surface area contributed by atoms with Crippen molar-refractivity contribution in [2.45, 2.75) is 70.9 Å². The van der Waals surface area contributed by atoms with Gasteiger partial charge in [0.25, 0.3) is 0 Å². The normalized spacial score (nSPS) is 20.8. The van der Waals surface area contributed by atoms with Gasteiger partial charge in [-0.05, 0) is 39.5 Å². The first-order chi connectivity index (χ1) is 7.03. The fraction of sp³-hybridized carbons (Fsp3) is 1.00. The molecule has 1 saturated carbocycles. The predicted molar refractivity (Wildman–Crippen MR) is 65.0 cm³/mol. The highest BCUT2D eigenvalue weighted by atomic mass is 16.3. The third-order valence-electron chi connectivity index (χ3n) is 3.54. The number of hydrogen-bond acceptors (Lipinski definition) is 2. The third-order valence-corrected chi connectivity index (χ3v) is 3.54. The van der Waals surface area contributed by atoms with E-state index in [1.807, 2.05) is 0 Å². The van der Waals surface area contributed by atoms with Crippen LogP contribution in [0.4, 0.5) is 0 Å². The Morgan fingerprint density at radius 1 is 1.33 bits per heavy atom. The molecule has 0 aromatic heterocycles. The summed E-state index contributed by atoms with van der Waals surface area (Å²) in [5, 5.41) is 12.6. The Balaban J connectivity index is 2.24. The van der Waals surface area contributed by atoms with Crippen LogP contribution in [-0.4, -0.2) is 23.3 Å². The zero-order valence-corrected chi connectivity index (χ0v) is 10.6. The van der Waals surface area contributed by atoms with Crippen molar-refractivity contribution in [3.05, 3.63) is 0 Å². The molecule has 2 heteroatoms. The molecule has 0 aromatic carbocycles. The van der Waals surface area contributed by atoms with Gasteiger partial charge in [0, 0.05) is 18.2 Å². The van der Waals surface area contributed by atoms with E-state index in [9.17, 15) is 0 Å². The van der Waals surface area contributed by atoms with E-state index in [2.05, 4.69) is 26.1 Å². The second-order valence-electron chi connectivity index (χ2n) is 5.79. The van der Waals surface area contributed by atoms with Gasteiger partial charge in [-0.3, -0.25) is 0 Å². The average Bonchev–Trinajstić information content (AvgIpc) is 2.54. The lowest BCUT2D eigenvalue weighted by molar-refractivity contribution is 0.214. The second kappa shape index (κ2) is 5.86. The Kier molecular flexibility index (Phi) is 5.07. The van der Waals surface area contributed by atoms with Gasteiger partial charge in [-0.15, -0.1) is 0 Å². The van der Waals surface area contributed by atoms with Crippen LogP contribution in [0.2, 0.25) is 0 Å². The van der Waals surface area contributed by atoms with Gasteiger partial charge in [0.1, 0.15) is 0 Å². The molecule has 15 heavy (non-hydrogen) atoms. The smallest absolute Gasteiger partial charge is 0.0448 e. The van der Waals surface area contributed by atoms with Gasteiger partial charge in [-0.1, -0.05) is 25.7 Å². The topological polar surface area (TPSA) is 32.3 Å². The van der Waals surface area contributed by atoms with Gasteiger partial charge in [-0.25, -0.2) is 0 Å². The van der Waals surface area contributed by atoms with Crippen molar-refractivity contribution in [2.75, 3.05) is 6.61 Å². The molecule has 1 aliphatic rings. The largest absolute Gasteiger partial charge is 0.396 e. The summed E-state index contributed by atoms with van der Waals surface area (Å²) in [6, 6.07) is 0.578. The summed E-state index contributed by atoms with van der Waals surface area (Å²) in [6.45, 7) is 6.90. The van der Waals surface area contributed by atoms with Gasteiger partial charge in [-0.2, -0.15) is 0 Å². The molecule has 0 amide bonds. The second-order valence-corrected chi connectivity index (χ2v) is 5.79. The lowest BCUT2D eigenvalue weighted by atomic mass is 9.95. The van der Waals surface area contributed by atoms with Crippen LogP contribution in [0.5, 0.6) is 0 Å². The standard InChI is InChI=1S/C13H27NO/c1-11(10-12-6-4-5-7-12)14-13(2,3)8-9-15/h11-12,14-15H,4-10H2,1-3H3. The molecule has 1 unspecified atom stereocenters. The Hall–Kier alpha value is -0.0800. The average molecular weight is 213 g/mol. The fourth-order valence-electron chi connectivity index (χ4n) is 2.82. The van der Waals surface area contributed by atoms with E-state index in [-0.39, 0.29) is 12.1 Å². The van der Waals surface area contributed by atoms with E-state index < -0.39 is 0 Å². The first kappa shape index (κ1) is 13.0. The van der Waals surface area contributed by atoms with Crippen molar-refractivity contribution in [2.24, 2.45) is 5.92 Å². The van der Waals surface area contributed by atoms with E-state index in [1.54, 1.807) is 0 Å². The Labute approximate surface area is 94.5 Å². The highest BCUT2D eigenvalue weighted by Crippen LogP contribution is 2.29.